The van der Waals surface area contributed by atoms with Crippen molar-refractivity contribution in [3.8, 4) is 23.0 Å². The van der Waals surface area contributed by atoms with Gasteiger partial charge in [-0.25, -0.2) is 4.99 Å². The second-order valence-corrected chi connectivity index (χ2v) is 6.18. The molecule has 2 aromatic rings. The minimum Gasteiger partial charge on any atom is -0.465 e. The Balaban J connectivity index is 1.46. The number of hydrogen-bond donors (Lipinski definition) is 1. The second kappa shape index (κ2) is 8.08. The van der Waals surface area contributed by atoms with E-state index in [4.69, 9.17) is 23.7 Å². The maximum atomic E-state index is 12.6. The SMILES string of the molecule is CCCOC(=NCc1ccc2c(c1)OCO2)NC(=O)c1ccc2c(c1)OCO2. The molecule has 2 aliphatic heterocycles. The molecule has 0 aliphatic carbocycles. The van der Waals surface area contributed by atoms with E-state index >= 15 is 0 Å². The van der Waals surface area contributed by atoms with Gasteiger partial charge in [-0.15, -0.1) is 0 Å². The van der Waals surface area contributed by atoms with Crippen LogP contribution in [0, 0.1) is 0 Å². The van der Waals surface area contributed by atoms with Gasteiger partial charge in [-0.2, -0.15) is 0 Å². The number of carbonyl (C=O) groups is 1. The lowest BCUT2D eigenvalue weighted by molar-refractivity contribution is 0.0964. The zero-order valence-electron chi connectivity index (χ0n) is 15.4. The molecule has 8 nitrogen and oxygen atoms in total. The average molecular weight is 384 g/mol. The lowest BCUT2D eigenvalue weighted by atomic mass is 10.2. The fourth-order valence-electron chi connectivity index (χ4n) is 2.73. The number of fused-ring (bicyclic) bond motifs is 2. The Morgan fingerprint density at radius 3 is 2.43 bits per heavy atom. The number of nitrogens with one attached hydrogen (secondary N) is 1. The van der Waals surface area contributed by atoms with E-state index in [9.17, 15) is 4.79 Å². The summed E-state index contributed by atoms with van der Waals surface area (Å²) in [5, 5.41) is 2.72. The fraction of sp³-hybridized carbons (Fsp3) is 0.300. The van der Waals surface area contributed by atoms with Gasteiger partial charge in [-0.05, 0) is 42.3 Å². The fourth-order valence-corrected chi connectivity index (χ4v) is 2.73. The van der Waals surface area contributed by atoms with Crippen LogP contribution in [0.15, 0.2) is 41.4 Å². The third-order valence-corrected chi connectivity index (χ3v) is 4.14. The first kappa shape index (κ1) is 18.0. The van der Waals surface area contributed by atoms with Crippen molar-refractivity contribution in [1.29, 1.82) is 0 Å². The molecular weight excluding hydrogens is 364 g/mol. The molecule has 0 spiro atoms. The molecule has 28 heavy (non-hydrogen) atoms. The van der Waals surface area contributed by atoms with E-state index in [2.05, 4.69) is 10.3 Å². The number of amidine groups is 1. The summed E-state index contributed by atoms with van der Waals surface area (Å²) < 4.78 is 26.9. The third kappa shape index (κ3) is 3.95. The molecule has 0 unspecified atom stereocenters. The van der Waals surface area contributed by atoms with Crippen LogP contribution in [0.1, 0.15) is 29.3 Å². The summed E-state index contributed by atoms with van der Waals surface area (Å²) in [5.41, 5.74) is 1.35. The number of ether oxygens (including phenoxy) is 5. The lowest BCUT2D eigenvalue weighted by Gasteiger charge is -2.11. The molecule has 0 fully saturated rings. The summed E-state index contributed by atoms with van der Waals surface area (Å²) in [6, 6.07) is 10.8. The monoisotopic (exact) mass is 384 g/mol. The van der Waals surface area contributed by atoms with Crippen LogP contribution in [0.5, 0.6) is 23.0 Å². The predicted octanol–water partition coefficient (Wildman–Crippen LogP) is 2.86. The quantitative estimate of drug-likeness (QED) is 0.630. The summed E-state index contributed by atoms with van der Waals surface area (Å²) in [6.07, 6.45) is 0.795. The van der Waals surface area contributed by atoms with Crippen molar-refractivity contribution >= 4 is 11.9 Å². The largest absolute Gasteiger partial charge is 0.465 e. The molecule has 1 N–H and O–H groups in total. The molecule has 0 atom stereocenters. The standard InChI is InChI=1S/C20H20N2O6/c1-2-7-24-20(21-10-13-3-5-15-17(8-13)27-11-25-15)22-19(23)14-4-6-16-18(9-14)28-12-26-16/h3-6,8-9H,2,7,10-12H2,1H3,(H,21,22,23). The van der Waals surface area contributed by atoms with Gasteiger partial charge in [0.2, 0.25) is 13.6 Å². The van der Waals surface area contributed by atoms with Gasteiger partial charge in [0.25, 0.3) is 11.9 Å². The van der Waals surface area contributed by atoms with Gasteiger partial charge in [-0.1, -0.05) is 13.0 Å². The summed E-state index contributed by atoms with van der Waals surface area (Å²) in [4.78, 5) is 17.0. The topological polar surface area (TPSA) is 87.6 Å². The van der Waals surface area contributed by atoms with E-state index in [0.717, 1.165) is 12.0 Å². The highest BCUT2D eigenvalue weighted by Crippen LogP contribution is 2.33. The van der Waals surface area contributed by atoms with Crippen LogP contribution >= 0.6 is 0 Å². The van der Waals surface area contributed by atoms with Gasteiger partial charge in [0.05, 0.1) is 13.2 Å². The van der Waals surface area contributed by atoms with E-state index in [1.807, 2.05) is 25.1 Å². The molecule has 2 aliphatic rings. The van der Waals surface area contributed by atoms with Crippen molar-refractivity contribution in [3.05, 3.63) is 47.5 Å². The number of benzene rings is 2. The van der Waals surface area contributed by atoms with Crippen LogP contribution in [0.4, 0.5) is 0 Å². The molecule has 0 saturated carbocycles. The molecular formula is C20H20N2O6. The van der Waals surface area contributed by atoms with Gasteiger partial charge in [0.1, 0.15) is 0 Å². The molecule has 2 aromatic carbocycles. The van der Waals surface area contributed by atoms with Crippen molar-refractivity contribution in [2.75, 3.05) is 20.2 Å². The van der Waals surface area contributed by atoms with Gasteiger partial charge in [0, 0.05) is 5.56 Å². The molecule has 1 amide bonds. The minimum atomic E-state index is -0.334. The normalized spacial score (nSPS) is 14.1. The molecule has 0 radical (unpaired) electrons. The maximum Gasteiger partial charge on any atom is 0.292 e. The number of aliphatic imine (C=N–C) groups is 1. The number of hydrogen-bond acceptors (Lipinski definition) is 7. The first-order chi connectivity index (χ1) is 13.7. The van der Waals surface area contributed by atoms with E-state index in [-0.39, 0.29) is 25.5 Å². The number of carbonyl (C=O) groups excluding carboxylic acids is 1. The molecule has 4 rings (SSSR count). The van der Waals surface area contributed by atoms with Crippen LogP contribution in [-0.4, -0.2) is 32.1 Å². The summed E-state index contributed by atoms with van der Waals surface area (Å²) in [7, 11) is 0. The van der Waals surface area contributed by atoms with Crippen LogP contribution in [0.3, 0.4) is 0 Å². The summed E-state index contributed by atoms with van der Waals surface area (Å²) in [5.74, 6) is 2.23. The highest BCUT2D eigenvalue weighted by molar-refractivity contribution is 6.04. The zero-order valence-corrected chi connectivity index (χ0v) is 15.4. The Kier molecular flexibility index (Phi) is 5.18. The zero-order chi connectivity index (χ0) is 19.3. The third-order valence-electron chi connectivity index (χ3n) is 4.14. The van der Waals surface area contributed by atoms with Crippen LogP contribution in [0.25, 0.3) is 0 Å². The average Bonchev–Trinajstić information content (AvgIpc) is 3.37. The predicted molar refractivity (Wildman–Crippen MR) is 100.0 cm³/mol. The molecule has 8 heteroatoms. The minimum absolute atomic E-state index is 0.155. The molecule has 0 bridgehead atoms. The first-order valence-corrected chi connectivity index (χ1v) is 8.99. The Labute approximate surface area is 162 Å². The molecule has 0 saturated heterocycles. The van der Waals surface area contributed by atoms with Crippen LogP contribution in [0.2, 0.25) is 0 Å². The van der Waals surface area contributed by atoms with Gasteiger partial charge < -0.3 is 23.7 Å². The van der Waals surface area contributed by atoms with Crippen LogP contribution < -0.4 is 24.3 Å². The Morgan fingerprint density at radius 1 is 1.00 bits per heavy atom. The summed E-state index contributed by atoms with van der Waals surface area (Å²) in [6.45, 7) is 3.13. The van der Waals surface area contributed by atoms with Gasteiger partial charge >= 0.3 is 0 Å². The molecule has 146 valence electrons. The van der Waals surface area contributed by atoms with E-state index in [1.54, 1.807) is 18.2 Å². The maximum absolute atomic E-state index is 12.6. The molecule has 2 heterocycles. The van der Waals surface area contributed by atoms with Crippen molar-refractivity contribution in [3.63, 3.8) is 0 Å². The Bertz CT molecular complexity index is 912. The number of rotatable bonds is 5. The highest BCUT2D eigenvalue weighted by Gasteiger charge is 2.18. The Morgan fingerprint density at radius 2 is 1.68 bits per heavy atom. The number of nitrogens with zero attached hydrogens (tertiary/aromatic N) is 1. The molecule has 0 aromatic heterocycles. The second-order valence-electron chi connectivity index (χ2n) is 6.18. The Hall–Kier alpha value is -3.42. The van der Waals surface area contributed by atoms with Crippen molar-refractivity contribution in [2.45, 2.75) is 19.9 Å². The van der Waals surface area contributed by atoms with Crippen molar-refractivity contribution in [1.82, 2.24) is 5.32 Å². The van der Waals surface area contributed by atoms with E-state index in [0.29, 0.717) is 41.7 Å². The van der Waals surface area contributed by atoms with Gasteiger partial charge in [0.15, 0.2) is 23.0 Å². The highest BCUT2D eigenvalue weighted by atomic mass is 16.7. The van der Waals surface area contributed by atoms with Crippen LogP contribution in [-0.2, 0) is 11.3 Å². The lowest BCUT2D eigenvalue weighted by Crippen LogP contribution is -2.33. The van der Waals surface area contributed by atoms with E-state index in [1.165, 1.54) is 0 Å². The van der Waals surface area contributed by atoms with Crippen molar-refractivity contribution in [2.24, 2.45) is 4.99 Å². The van der Waals surface area contributed by atoms with Gasteiger partial charge in [-0.3, -0.25) is 10.1 Å². The first-order valence-electron chi connectivity index (χ1n) is 8.99. The summed E-state index contributed by atoms with van der Waals surface area (Å²) >= 11 is 0. The number of amides is 1. The van der Waals surface area contributed by atoms with E-state index < -0.39 is 0 Å². The van der Waals surface area contributed by atoms with Crippen molar-refractivity contribution < 1.29 is 28.5 Å². The smallest absolute Gasteiger partial charge is 0.292 e.